The Bertz CT molecular complexity index is 658. The van der Waals surface area contributed by atoms with E-state index >= 15 is 0 Å². The number of carbonyl (C=O) groups is 1. The lowest BCUT2D eigenvalue weighted by Gasteiger charge is -2.15. The smallest absolute Gasteiger partial charge is 0.239 e. The van der Waals surface area contributed by atoms with Gasteiger partial charge in [0, 0.05) is 10.2 Å². The van der Waals surface area contributed by atoms with Crippen LogP contribution in [0.4, 0.5) is 10.1 Å². The Morgan fingerprint density at radius 3 is 2.55 bits per heavy atom. The van der Waals surface area contributed by atoms with E-state index in [1.807, 2.05) is 32.0 Å². The van der Waals surface area contributed by atoms with Crippen LogP contribution in [0.3, 0.4) is 0 Å². The zero-order chi connectivity index (χ0) is 16.1. The summed E-state index contributed by atoms with van der Waals surface area (Å²) in [6, 6.07) is 11.8. The van der Waals surface area contributed by atoms with E-state index in [9.17, 15) is 9.18 Å². The van der Waals surface area contributed by atoms with Crippen LogP contribution in [0.5, 0.6) is 0 Å². The number of amides is 1. The van der Waals surface area contributed by atoms with Crippen molar-refractivity contribution >= 4 is 27.5 Å². The average Bonchev–Trinajstić information content (AvgIpc) is 2.49. The second-order valence-electron chi connectivity index (χ2n) is 5.16. The van der Waals surface area contributed by atoms with Crippen LogP contribution in [0.1, 0.15) is 24.1 Å². The summed E-state index contributed by atoms with van der Waals surface area (Å²) in [5.74, 6) is -0.396. The minimum Gasteiger partial charge on any atom is -0.376 e. The lowest BCUT2D eigenvalue weighted by Crippen LogP contribution is -2.32. The highest BCUT2D eigenvalue weighted by molar-refractivity contribution is 9.10. The standard InChI is InChI=1S/C17H18BrFN2O/c1-11-9-15(7-8-16(11)18)20-10-17(22)21-12(2)13-3-5-14(19)6-4-13/h3-9,12,20H,10H2,1-2H3,(H,21,22). The number of rotatable bonds is 5. The minimum absolute atomic E-state index is 0.114. The minimum atomic E-state index is -0.283. The molecular formula is C17H18BrFN2O. The van der Waals surface area contributed by atoms with Crippen molar-refractivity contribution in [3.8, 4) is 0 Å². The zero-order valence-electron chi connectivity index (χ0n) is 12.5. The molecule has 0 saturated carbocycles. The van der Waals surface area contributed by atoms with Crippen LogP contribution in [0.25, 0.3) is 0 Å². The Kier molecular flexibility index (Phi) is 5.55. The van der Waals surface area contributed by atoms with Crippen LogP contribution < -0.4 is 10.6 Å². The predicted octanol–water partition coefficient (Wildman–Crippen LogP) is 4.19. The quantitative estimate of drug-likeness (QED) is 0.835. The third-order valence-electron chi connectivity index (χ3n) is 3.36. The maximum absolute atomic E-state index is 12.9. The van der Waals surface area contributed by atoms with Gasteiger partial charge in [-0.15, -0.1) is 0 Å². The lowest BCUT2D eigenvalue weighted by molar-refractivity contribution is -0.120. The molecule has 0 spiro atoms. The van der Waals surface area contributed by atoms with E-state index in [1.165, 1.54) is 12.1 Å². The monoisotopic (exact) mass is 364 g/mol. The van der Waals surface area contributed by atoms with Gasteiger partial charge >= 0.3 is 0 Å². The second-order valence-corrected chi connectivity index (χ2v) is 6.01. The molecule has 2 N–H and O–H groups in total. The highest BCUT2D eigenvalue weighted by Crippen LogP contribution is 2.19. The molecule has 0 radical (unpaired) electrons. The van der Waals surface area contributed by atoms with E-state index in [1.54, 1.807) is 12.1 Å². The summed E-state index contributed by atoms with van der Waals surface area (Å²) in [6.45, 7) is 4.05. The first-order chi connectivity index (χ1) is 10.5. The van der Waals surface area contributed by atoms with E-state index < -0.39 is 0 Å². The Labute approximate surface area is 138 Å². The van der Waals surface area contributed by atoms with Gasteiger partial charge in [-0.2, -0.15) is 0 Å². The number of halogens is 2. The molecule has 0 aliphatic rings. The Hall–Kier alpha value is -1.88. The summed E-state index contributed by atoms with van der Waals surface area (Å²) in [4.78, 5) is 12.0. The van der Waals surface area contributed by atoms with Crippen molar-refractivity contribution in [2.75, 3.05) is 11.9 Å². The van der Waals surface area contributed by atoms with Crippen molar-refractivity contribution < 1.29 is 9.18 Å². The number of aryl methyl sites for hydroxylation is 1. The van der Waals surface area contributed by atoms with E-state index in [4.69, 9.17) is 0 Å². The summed E-state index contributed by atoms with van der Waals surface area (Å²) in [5, 5.41) is 5.96. The number of anilines is 1. The fraction of sp³-hybridized carbons (Fsp3) is 0.235. The molecule has 2 aromatic rings. The molecule has 0 aliphatic carbocycles. The third-order valence-corrected chi connectivity index (χ3v) is 4.25. The number of hydrogen-bond acceptors (Lipinski definition) is 2. The molecule has 0 aromatic heterocycles. The van der Waals surface area contributed by atoms with Gasteiger partial charge in [0.05, 0.1) is 12.6 Å². The Morgan fingerprint density at radius 2 is 1.91 bits per heavy atom. The molecule has 5 heteroatoms. The van der Waals surface area contributed by atoms with Crippen LogP contribution >= 0.6 is 15.9 Å². The molecule has 116 valence electrons. The van der Waals surface area contributed by atoms with Crippen molar-refractivity contribution in [3.05, 3.63) is 63.9 Å². The normalized spacial score (nSPS) is 11.8. The average molecular weight is 365 g/mol. The molecule has 3 nitrogen and oxygen atoms in total. The van der Waals surface area contributed by atoms with Gasteiger partial charge in [-0.05, 0) is 55.3 Å². The number of hydrogen-bond donors (Lipinski definition) is 2. The predicted molar refractivity (Wildman–Crippen MR) is 90.3 cm³/mol. The van der Waals surface area contributed by atoms with Gasteiger partial charge in [0.15, 0.2) is 0 Å². The molecule has 1 atom stereocenters. The van der Waals surface area contributed by atoms with Crippen molar-refractivity contribution in [1.29, 1.82) is 0 Å². The molecule has 0 fully saturated rings. The highest BCUT2D eigenvalue weighted by Gasteiger charge is 2.09. The van der Waals surface area contributed by atoms with Crippen molar-refractivity contribution in [1.82, 2.24) is 5.32 Å². The zero-order valence-corrected chi connectivity index (χ0v) is 14.1. The molecule has 22 heavy (non-hydrogen) atoms. The van der Waals surface area contributed by atoms with Crippen LogP contribution in [0, 0.1) is 12.7 Å². The summed E-state index contributed by atoms with van der Waals surface area (Å²) in [7, 11) is 0. The van der Waals surface area contributed by atoms with E-state index in [-0.39, 0.29) is 24.3 Å². The number of benzene rings is 2. The molecule has 2 aromatic carbocycles. The van der Waals surface area contributed by atoms with Crippen LogP contribution in [0.2, 0.25) is 0 Å². The fourth-order valence-corrected chi connectivity index (χ4v) is 2.31. The van der Waals surface area contributed by atoms with Gasteiger partial charge in [-0.1, -0.05) is 28.1 Å². The fourth-order valence-electron chi connectivity index (χ4n) is 2.06. The first-order valence-electron chi connectivity index (χ1n) is 7.00. The maximum atomic E-state index is 12.9. The molecule has 0 saturated heterocycles. The second kappa shape index (κ2) is 7.40. The Balaban J connectivity index is 1.87. The van der Waals surface area contributed by atoms with Gasteiger partial charge in [-0.3, -0.25) is 4.79 Å². The van der Waals surface area contributed by atoms with Gasteiger partial charge in [0.25, 0.3) is 0 Å². The summed E-state index contributed by atoms with van der Waals surface area (Å²) < 4.78 is 13.9. The van der Waals surface area contributed by atoms with E-state index in [2.05, 4.69) is 26.6 Å². The molecular weight excluding hydrogens is 347 g/mol. The number of nitrogens with one attached hydrogen (secondary N) is 2. The van der Waals surface area contributed by atoms with Crippen LogP contribution in [-0.2, 0) is 4.79 Å². The SMILES string of the molecule is Cc1cc(NCC(=O)NC(C)c2ccc(F)cc2)ccc1Br. The number of carbonyl (C=O) groups excluding carboxylic acids is 1. The van der Waals surface area contributed by atoms with Crippen molar-refractivity contribution in [3.63, 3.8) is 0 Å². The third kappa shape index (κ3) is 4.56. The van der Waals surface area contributed by atoms with E-state index in [0.717, 1.165) is 21.3 Å². The highest BCUT2D eigenvalue weighted by atomic mass is 79.9. The molecule has 1 unspecified atom stereocenters. The summed E-state index contributed by atoms with van der Waals surface area (Å²) in [5.41, 5.74) is 2.87. The molecule has 1 amide bonds. The van der Waals surface area contributed by atoms with Gasteiger partial charge in [0.2, 0.25) is 5.91 Å². The van der Waals surface area contributed by atoms with Gasteiger partial charge in [-0.25, -0.2) is 4.39 Å². The van der Waals surface area contributed by atoms with Crippen LogP contribution in [0.15, 0.2) is 46.9 Å². The first kappa shape index (κ1) is 16.5. The summed E-state index contributed by atoms with van der Waals surface area (Å²) in [6.07, 6.45) is 0. The lowest BCUT2D eigenvalue weighted by atomic mass is 10.1. The molecule has 0 heterocycles. The van der Waals surface area contributed by atoms with Gasteiger partial charge < -0.3 is 10.6 Å². The van der Waals surface area contributed by atoms with Gasteiger partial charge in [0.1, 0.15) is 5.82 Å². The Morgan fingerprint density at radius 1 is 1.23 bits per heavy atom. The maximum Gasteiger partial charge on any atom is 0.239 e. The molecule has 0 aliphatic heterocycles. The van der Waals surface area contributed by atoms with Crippen molar-refractivity contribution in [2.24, 2.45) is 0 Å². The van der Waals surface area contributed by atoms with Crippen LogP contribution in [-0.4, -0.2) is 12.5 Å². The first-order valence-corrected chi connectivity index (χ1v) is 7.80. The molecule has 0 bridgehead atoms. The molecule has 2 rings (SSSR count). The largest absolute Gasteiger partial charge is 0.376 e. The van der Waals surface area contributed by atoms with Crippen molar-refractivity contribution in [2.45, 2.75) is 19.9 Å². The topological polar surface area (TPSA) is 41.1 Å². The summed E-state index contributed by atoms with van der Waals surface area (Å²) >= 11 is 3.44. The van der Waals surface area contributed by atoms with E-state index in [0.29, 0.717) is 0 Å².